The second-order valence-electron chi connectivity index (χ2n) is 2.41. The molecule has 1 saturated heterocycles. The van der Waals surface area contributed by atoms with E-state index in [1.54, 1.807) is 0 Å². The highest BCUT2D eigenvalue weighted by atomic mass is 15.3. The molecule has 0 aromatic carbocycles. The molecule has 1 fully saturated rings. The first-order valence-corrected chi connectivity index (χ1v) is 3.97. The van der Waals surface area contributed by atoms with E-state index in [-0.39, 0.29) is 0 Å². The van der Waals surface area contributed by atoms with Gasteiger partial charge in [-0.2, -0.15) is 0 Å². The van der Waals surface area contributed by atoms with E-state index in [2.05, 4.69) is 17.4 Å². The molecule has 0 amide bonds. The van der Waals surface area contributed by atoms with Crippen molar-refractivity contribution in [2.75, 3.05) is 20.1 Å². The predicted molar refractivity (Wildman–Crippen MR) is 44.6 cm³/mol. The summed E-state index contributed by atoms with van der Waals surface area (Å²) in [6, 6.07) is 0.528. The van der Waals surface area contributed by atoms with Gasteiger partial charge in [-0.05, 0) is 20.0 Å². The van der Waals surface area contributed by atoms with Crippen molar-refractivity contribution < 1.29 is 0 Å². The third-order valence-corrected chi connectivity index (χ3v) is 1.63. The molecule has 0 bridgehead atoms. The maximum Gasteiger partial charge on any atom is 0.0349 e. The lowest BCUT2D eigenvalue weighted by molar-refractivity contribution is 0.400. The van der Waals surface area contributed by atoms with Gasteiger partial charge in [0.2, 0.25) is 0 Å². The molecule has 0 aliphatic carbocycles. The first kappa shape index (κ1) is 9.88. The van der Waals surface area contributed by atoms with Crippen molar-refractivity contribution >= 4 is 0 Å². The summed E-state index contributed by atoms with van der Waals surface area (Å²) in [5.74, 6) is 5.22. The Kier molecular flexibility index (Phi) is 5.58. The van der Waals surface area contributed by atoms with Crippen molar-refractivity contribution in [3.8, 4) is 0 Å². The number of likely N-dealkylation sites (N-methyl/N-ethyl adjacent to an activating group) is 1. The molecular weight excluding hydrogens is 126 g/mol. The van der Waals surface area contributed by atoms with Crippen LogP contribution in [0.15, 0.2) is 0 Å². The summed E-state index contributed by atoms with van der Waals surface area (Å²) < 4.78 is 0. The third-order valence-electron chi connectivity index (χ3n) is 1.63. The van der Waals surface area contributed by atoms with Gasteiger partial charge in [-0.25, -0.2) is 0 Å². The average Bonchev–Trinajstić information content (AvgIpc) is 2.40. The quantitative estimate of drug-likeness (QED) is 0.408. The molecule has 1 aliphatic heterocycles. The summed E-state index contributed by atoms with van der Waals surface area (Å²) in [7, 11) is 2.11. The van der Waals surface area contributed by atoms with Gasteiger partial charge in [0.05, 0.1) is 0 Å². The van der Waals surface area contributed by atoms with Crippen LogP contribution in [0, 0.1) is 0 Å². The van der Waals surface area contributed by atoms with Gasteiger partial charge in [0.25, 0.3) is 0 Å². The molecule has 1 aliphatic rings. The van der Waals surface area contributed by atoms with Crippen LogP contribution in [0.5, 0.6) is 0 Å². The molecule has 1 heterocycles. The van der Waals surface area contributed by atoms with E-state index in [9.17, 15) is 0 Å². The van der Waals surface area contributed by atoms with E-state index in [0.717, 1.165) is 6.54 Å². The number of likely N-dealkylation sites (tertiary alicyclic amines) is 1. The maximum absolute atomic E-state index is 5.22. The zero-order valence-corrected chi connectivity index (χ0v) is 7.22. The summed E-state index contributed by atoms with van der Waals surface area (Å²) in [6.45, 7) is 6.27. The highest BCUT2D eigenvalue weighted by Gasteiger charge is 2.16. The fraction of sp³-hybridized carbons (Fsp3) is 1.00. The number of nitrogens with zero attached hydrogens (tertiary/aromatic N) is 1. The van der Waals surface area contributed by atoms with E-state index in [1.165, 1.54) is 13.0 Å². The molecular formula is C7H19N3. The van der Waals surface area contributed by atoms with Gasteiger partial charge in [0.1, 0.15) is 0 Å². The highest BCUT2D eigenvalue weighted by molar-refractivity contribution is 4.75. The zero-order chi connectivity index (χ0) is 7.98. The van der Waals surface area contributed by atoms with E-state index in [0.29, 0.717) is 6.04 Å². The lowest BCUT2D eigenvalue weighted by Crippen LogP contribution is -2.36. The van der Waals surface area contributed by atoms with E-state index >= 15 is 0 Å². The van der Waals surface area contributed by atoms with Gasteiger partial charge in [-0.15, -0.1) is 0 Å². The lowest BCUT2D eigenvalue weighted by atomic mass is 10.3. The van der Waals surface area contributed by atoms with Crippen molar-refractivity contribution in [1.29, 1.82) is 0 Å². The third kappa shape index (κ3) is 3.15. The number of nitrogens with one attached hydrogen (secondary N) is 1. The van der Waals surface area contributed by atoms with E-state index in [1.807, 2.05) is 13.8 Å². The molecule has 1 rings (SSSR count). The molecule has 1 atom stereocenters. The molecule has 0 aromatic heterocycles. The maximum atomic E-state index is 5.22. The Labute approximate surface area is 63.5 Å². The zero-order valence-electron chi connectivity index (χ0n) is 7.22. The molecule has 0 saturated carbocycles. The number of hydrazine groups is 1. The molecule has 0 aromatic rings. The Morgan fingerprint density at radius 1 is 1.50 bits per heavy atom. The van der Waals surface area contributed by atoms with Crippen molar-refractivity contribution in [2.24, 2.45) is 5.84 Å². The highest BCUT2D eigenvalue weighted by Crippen LogP contribution is 2.03. The lowest BCUT2D eigenvalue weighted by Gasteiger charge is -2.07. The second kappa shape index (κ2) is 5.65. The Balaban J connectivity index is 0.000000371. The van der Waals surface area contributed by atoms with Crippen molar-refractivity contribution in [3.05, 3.63) is 0 Å². The Bertz CT molecular complexity index is 75.3. The SMILES string of the molecule is CC.CN1CCC(NN)C1. The van der Waals surface area contributed by atoms with Crippen LogP contribution in [0.4, 0.5) is 0 Å². The van der Waals surface area contributed by atoms with Gasteiger partial charge in [-0.3, -0.25) is 11.3 Å². The monoisotopic (exact) mass is 145 g/mol. The van der Waals surface area contributed by atoms with Gasteiger partial charge in [0, 0.05) is 12.6 Å². The number of nitrogens with two attached hydrogens (primary N) is 1. The van der Waals surface area contributed by atoms with Crippen LogP contribution >= 0.6 is 0 Å². The van der Waals surface area contributed by atoms with E-state index < -0.39 is 0 Å². The second-order valence-corrected chi connectivity index (χ2v) is 2.41. The van der Waals surface area contributed by atoms with Crippen LogP contribution in [0.1, 0.15) is 20.3 Å². The Morgan fingerprint density at radius 3 is 2.30 bits per heavy atom. The van der Waals surface area contributed by atoms with Crippen LogP contribution in [0.25, 0.3) is 0 Å². The first-order valence-electron chi connectivity index (χ1n) is 3.97. The van der Waals surface area contributed by atoms with Gasteiger partial charge in [0.15, 0.2) is 0 Å². The van der Waals surface area contributed by atoms with Gasteiger partial charge in [-0.1, -0.05) is 13.8 Å². The summed E-state index contributed by atoms with van der Waals surface area (Å²) in [5, 5.41) is 0. The summed E-state index contributed by atoms with van der Waals surface area (Å²) in [6.07, 6.45) is 1.19. The Hall–Kier alpha value is -0.120. The standard InChI is InChI=1S/C5H13N3.C2H6/c1-8-3-2-5(4-8)7-6;1-2/h5,7H,2-4,6H2,1H3;1-2H3. The fourth-order valence-electron chi connectivity index (χ4n) is 1.07. The minimum Gasteiger partial charge on any atom is -0.305 e. The molecule has 10 heavy (non-hydrogen) atoms. The summed E-state index contributed by atoms with van der Waals surface area (Å²) in [4.78, 5) is 2.27. The van der Waals surface area contributed by atoms with E-state index in [4.69, 9.17) is 5.84 Å². The predicted octanol–water partition coefficient (Wildman–Crippen LogP) is 0.180. The minimum atomic E-state index is 0.528. The van der Waals surface area contributed by atoms with Gasteiger partial charge < -0.3 is 4.90 Å². The summed E-state index contributed by atoms with van der Waals surface area (Å²) in [5.41, 5.74) is 2.75. The average molecular weight is 145 g/mol. The number of hydrogen-bond donors (Lipinski definition) is 2. The molecule has 3 N–H and O–H groups in total. The van der Waals surface area contributed by atoms with Crippen molar-refractivity contribution in [1.82, 2.24) is 10.3 Å². The molecule has 1 unspecified atom stereocenters. The smallest absolute Gasteiger partial charge is 0.0349 e. The first-order chi connectivity index (χ1) is 4.83. The number of rotatable bonds is 1. The topological polar surface area (TPSA) is 41.3 Å². The minimum absolute atomic E-state index is 0.528. The van der Waals surface area contributed by atoms with Crippen molar-refractivity contribution in [3.63, 3.8) is 0 Å². The van der Waals surface area contributed by atoms with Crippen LogP contribution in [-0.2, 0) is 0 Å². The van der Waals surface area contributed by atoms with Crippen molar-refractivity contribution in [2.45, 2.75) is 26.3 Å². The summed E-state index contributed by atoms with van der Waals surface area (Å²) >= 11 is 0. The molecule has 62 valence electrons. The van der Waals surface area contributed by atoms with Crippen LogP contribution in [-0.4, -0.2) is 31.1 Å². The normalized spacial score (nSPS) is 25.8. The number of hydrogen-bond acceptors (Lipinski definition) is 3. The molecule has 3 heteroatoms. The van der Waals surface area contributed by atoms with Crippen LogP contribution < -0.4 is 11.3 Å². The molecule has 0 spiro atoms. The molecule has 0 radical (unpaired) electrons. The fourth-order valence-corrected chi connectivity index (χ4v) is 1.07. The van der Waals surface area contributed by atoms with Crippen LogP contribution in [0.2, 0.25) is 0 Å². The Morgan fingerprint density at radius 2 is 2.10 bits per heavy atom. The molecule has 3 nitrogen and oxygen atoms in total. The van der Waals surface area contributed by atoms with Crippen LogP contribution in [0.3, 0.4) is 0 Å². The van der Waals surface area contributed by atoms with Gasteiger partial charge >= 0.3 is 0 Å². The largest absolute Gasteiger partial charge is 0.305 e.